The minimum absolute atomic E-state index is 0.184. The van der Waals surface area contributed by atoms with E-state index in [1.807, 2.05) is 99.6 Å². The summed E-state index contributed by atoms with van der Waals surface area (Å²) in [6.07, 6.45) is -1.65. The second-order valence-corrected chi connectivity index (χ2v) is 13.4. The SMILES string of the molecule is CC(C)(C)OC(=O)NCCCc1cccc(C2OC(CC(=O)O)C(=O)N(Cc3ccc(OCc4ccccc4)cc3)c3ccc(Cl)cc32)c1. The van der Waals surface area contributed by atoms with Crippen LogP contribution < -0.4 is 15.0 Å². The number of carbonyl (C=O) groups is 3. The van der Waals surface area contributed by atoms with E-state index in [4.69, 9.17) is 25.8 Å². The Morgan fingerprint density at radius 3 is 2.37 bits per heavy atom. The molecule has 0 aliphatic carbocycles. The van der Waals surface area contributed by atoms with Crippen LogP contribution in [0.25, 0.3) is 0 Å². The third-order valence-electron chi connectivity index (χ3n) is 7.84. The van der Waals surface area contributed by atoms with E-state index in [1.165, 1.54) is 0 Å². The monoisotopic (exact) mass is 684 g/mol. The summed E-state index contributed by atoms with van der Waals surface area (Å²) in [7, 11) is 0. The summed E-state index contributed by atoms with van der Waals surface area (Å²) < 4.78 is 17.6. The van der Waals surface area contributed by atoms with Gasteiger partial charge in [0.05, 0.1) is 18.7 Å². The third-order valence-corrected chi connectivity index (χ3v) is 8.08. The molecule has 0 radical (unpaired) electrons. The molecule has 0 fully saturated rings. The van der Waals surface area contributed by atoms with Crippen LogP contribution in [0.15, 0.2) is 97.1 Å². The van der Waals surface area contributed by atoms with E-state index >= 15 is 0 Å². The molecule has 1 aliphatic rings. The molecule has 4 aromatic rings. The molecule has 9 nitrogen and oxygen atoms in total. The van der Waals surface area contributed by atoms with Gasteiger partial charge < -0.3 is 29.5 Å². The zero-order chi connectivity index (χ0) is 35.0. The summed E-state index contributed by atoms with van der Waals surface area (Å²) in [5.41, 5.74) is 4.30. The van der Waals surface area contributed by atoms with Crippen LogP contribution in [0.2, 0.25) is 5.02 Å². The number of hydrogen-bond donors (Lipinski definition) is 2. The van der Waals surface area contributed by atoms with Crippen molar-refractivity contribution in [2.75, 3.05) is 11.4 Å². The molecule has 2 unspecified atom stereocenters. The lowest BCUT2D eigenvalue weighted by atomic mass is 9.96. The minimum Gasteiger partial charge on any atom is -0.489 e. The van der Waals surface area contributed by atoms with E-state index in [9.17, 15) is 19.5 Å². The molecule has 49 heavy (non-hydrogen) atoms. The van der Waals surface area contributed by atoms with Crippen LogP contribution >= 0.6 is 11.6 Å². The number of hydrogen-bond acceptors (Lipinski definition) is 6. The topological polar surface area (TPSA) is 114 Å². The highest BCUT2D eigenvalue weighted by Crippen LogP contribution is 2.41. The van der Waals surface area contributed by atoms with Gasteiger partial charge >= 0.3 is 12.1 Å². The highest BCUT2D eigenvalue weighted by Gasteiger charge is 2.38. The molecule has 0 aromatic heterocycles. The second-order valence-electron chi connectivity index (χ2n) is 12.9. The molecule has 0 bridgehead atoms. The number of halogens is 1. The predicted octanol–water partition coefficient (Wildman–Crippen LogP) is 7.87. The molecular weight excluding hydrogens is 644 g/mol. The summed E-state index contributed by atoms with van der Waals surface area (Å²) in [5.74, 6) is -0.913. The Morgan fingerprint density at radius 2 is 1.65 bits per heavy atom. The number of fused-ring (bicyclic) bond motifs is 1. The Bertz CT molecular complexity index is 1760. The first-order valence-electron chi connectivity index (χ1n) is 16.2. The maximum Gasteiger partial charge on any atom is 0.407 e. The van der Waals surface area contributed by atoms with Crippen molar-refractivity contribution in [3.05, 3.63) is 130 Å². The Labute approximate surface area is 291 Å². The molecule has 2 atom stereocenters. The van der Waals surface area contributed by atoms with Gasteiger partial charge in [-0.2, -0.15) is 0 Å². The van der Waals surface area contributed by atoms with Gasteiger partial charge in [0.1, 0.15) is 30.2 Å². The Kier molecular flexibility index (Phi) is 11.6. The van der Waals surface area contributed by atoms with Gasteiger partial charge in [-0.15, -0.1) is 0 Å². The summed E-state index contributed by atoms with van der Waals surface area (Å²) >= 11 is 6.51. The van der Waals surface area contributed by atoms with E-state index in [0.717, 1.165) is 22.3 Å². The molecule has 256 valence electrons. The zero-order valence-corrected chi connectivity index (χ0v) is 28.6. The molecular formula is C39H41ClN2O7. The van der Waals surface area contributed by atoms with Gasteiger partial charge in [-0.05, 0) is 86.2 Å². The molecule has 2 N–H and O–H groups in total. The summed E-state index contributed by atoms with van der Waals surface area (Å²) in [5, 5.41) is 13.0. The van der Waals surface area contributed by atoms with Gasteiger partial charge in [-0.1, -0.05) is 78.3 Å². The van der Waals surface area contributed by atoms with Crippen molar-refractivity contribution < 1.29 is 33.7 Å². The van der Waals surface area contributed by atoms with Gasteiger partial charge in [0.2, 0.25) is 0 Å². The molecule has 2 amide bonds. The number of rotatable bonds is 12. The number of benzene rings is 4. The number of ether oxygens (including phenoxy) is 3. The Morgan fingerprint density at radius 1 is 0.918 bits per heavy atom. The summed E-state index contributed by atoms with van der Waals surface area (Å²) in [6, 6.07) is 30.4. The number of nitrogens with one attached hydrogen (secondary N) is 1. The quantitative estimate of drug-likeness (QED) is 0.146. The lowest BCUT2D eigenvalue weighted by Gasteiger charge is -2.25. The largest absolute Gasteiger partial charge is 0.489 e. The number of aryl methyl sites for hydroxylation is 1. The number of carbonyl (C=O) groups excluding carboxylic acids is 2. The van der Waals surface area contributed by atoms with Crippen molar-refractivity contribution in [1.29, 1.82) is 0 Å². The van der Waals surface area contributed by atoms with E-state index < -0.39 is 42.2 Å². The Balaban J connectivity index is 1.37. The zero-order valence-electron chi connectivity index (χ0n) is 27.9. The molecule has 0 saturated carbocycles. The number of alkyl carbamates (subject to hydrolysis) is 1. The standard InChI is InChI=1S/C39H41ClN2O7/c1-39(2,3)49-38(46)41-20-8-12-26-11-7-13-29(21-26)36-32-22-30(40)16-19-33(32)42(37(45)34(48-36)23-35(43)44)24-27-14-17-31(18-15-27)47-25-28-9-5-4-6-10-28/h4-7,9-11,13-19,21-22,34,36H,8,12,20,23-25H2,1-3H3,(H,41,46)(H,43,44). The van der Waals surface area contributed by atoms with E-state index in [-0.39, 0.29) is 6.54 Å². The van der Waals surface area contributed by atoms with E-state index in [1.54, 1.807) is 23.1 Å². The average Bonchev–Trinajstić information content (AvgIpc) is 3.16. The van der Waals surface area contributed by atoms with Crippen molar-refractivity contribution in [2.45, 2.75) is 71.0 Å². The smallest absolute Gasteiger partial charge is 0.407 e. The van der Waals surface area contributed by atoms with Crippen molar-refractivity contribution in [2.24, 2.45) is 0 Å². The minimum atomic E-state index is -1.25. The van der Waals surface area contributed by atoms with E-state index in [0.29, 0.717) is 48.0 Å². The number of nitrogens with zero attached hydrogens (tertiary/aromatic N) is 1. The van der Waals surface area contributed by atoms with Crippen LogP contribution in [0.5, 0.6) is 5.75 Å². The van der Waals surface area contributed by atoms with Crippen molar-refractivity contribution >= 4 is 35.3 Å². The van der Waals surface area contributed by atoms with Gasteiger partial charge in [-0.3, -0.25) is 9.59 Å². The third kappa shape index (κ3) is 10.1. The first kappa shape index (κ1) is 35.4. The van der Waals surface area contributed by atoms with Crippen LogP contribution in [-0.4, -0.2) is 41.3 Å². The average molecular weight is 685 g/mol. The second kappa shape index (κ2) is 16.0. The highest BCUT2D eigenvalue weighted by molar-refractivity contribution is 6.30. The van der Waals surface area contributed by atoms with Crippen molar-refractivity contribution in [3.8, 4) is 5.75 Å². The van der Waals surface area contributed by atoms with Gasteiger partial charge in [0, 0.05) is 17.1 Å². The fourth-order valence-electron chi connectivity index (χ4n) is 5.61. The van der Waals surface area contributed by atoms with Crippen LogP contribution in [-0.2, 0) is 38.6 Å². The fraction of sp³-hybridized carbons (Fsp3) is 0.308. The molecule has 1 aliphatic heterocycles. The number of carboxylic acids is 1. The first-order chi connectivity index (χ1) is 23.4. The fourth-order valence-corrected chi connectivity index (χ4v) is 5.79. The number of carboxylic acid groups (broad SMARTS) is 1. The molecule has 0 saturated heterocycles. The van der Waals surface area contributed by atoms with Crippen LogP contribution in [0, 0.1) is 0 Å². The van der Waals surface area contributed by atoms with Gasteiger partial charge in [-0.25, -0.2) is 4.79 Å². The lowest BCUT2D eigenvalue weighted by Crippen LogP contribution is -2.40. The predicted molar refractivity (Wildman–Crippen MR) is 188 cm³/mol. The molecule has 0 spiro atoms. The Hall–Kier alpha value is -4.86. The number of aliphatic carboxylic acids is 1. The van der Waals surface area contributed by atoms with E-state index in [2.05, 4.69) is 5.32 Å². The molecule has 1 heterocycles. The maximum absolute atomic E-state index is 14.1. The first-order valence-corrected chi connectivity index (χ1v) is 16.6. The highest BCUT2D eigenvalue weighted by atomic mass is 35.5. The molecule has 10 heteroatoms. The van der Waals surface area contributed by atoms with Crippen molar-refractivity contribution in [3.63, 3.8) is 0 Å². The normalized spacial score (nSPS) is 16.0. The van der Waals surface area contributed by atoms with Crippen molar-refractivity contribution in [1.82, 2.24) is 5.32 Å². The number of anilines is 1. The van der Waals surface area contributed by atoms with Crippen LogP contribution in [0.4, 0.5) is 10.5 Å². The lowest BCUT2D eigenvalue weighted by molar-refractivity contribution is -0.147. The van der Waals surface area contributed by atoms with Crippen LogP contribution in [0.1, 0.15) is 67.5 Å². The maximum atomic E-state index is 14.1. The van der Waals surface area contributed by atoms with Gasteiger partial charge in [0.25, 0.3) is 5.91 Å². The molecule has 5 rings (SSSR count). The molecule has 4 aromatic carbocycles. The number of amides is 2. The summed E-state index contributed by atoms with van der Waals surface area (Å²) in [4.78, 5) is 39.6. The van der Waals surface area contributed by atoms with Gasteiger partial charge in [0.15, 0.2) is 0 Å². The summed E-state index contributed by atoms with van der Waals surface area (Å²) in [6.45, 7) is 6.48. The van der Waals surface area contributed by atoms with Crippen LogP contribution in [0.3, 0.4) is 0 Å².